The van der Waals surface area contributed by atoms with Crippen LogP contribution in [0.15, 0.2) is 61.2 Å². The molecule has 2 rings (SSSR count). The quantitative estimate of drug-likeness (QED) is 0.152. The van der Waals surface area contributed by atoms with Gasteiger partial charge in [-0.05, 0) is 49.9 Å². The van der Waals surface area contributed by atoms with Gasteiger partial charge in [0.05, 0.1) is 0 Å². The number of ether oxygens (including phenoxy) is 1. The van der Waals surface area contributed by atoms with Gasteiger partial charge in [-0.25, -0.2) is 4.79 Å². The number of hydrogen-bond acceptors (Lipinski definition) is 5. The van der Waals surface area contributed by atoms with Crippen molar-refractivity contribution in [3.63, 3.8) is 0 Å². The van der Waals surface area contributed by atoms with E-state index < -0.39 is 23.8 Å². The van der Waals surface area contributed by atoms with E-state index in [2.05, 4.69) is 36.8 Å². The van der Waals surface area contributed by atoms with Crippen LogP contribution in [0.1, 0.15) is 89.0 Å². The number of hydrogen-bond donors (Lipinski definition) is 3. The molecule has 3 amide bonds. The first kappa shape index (κ1) is 33.9. The molecule has 224 valence electrons. The molecule has 41 heavy (non-hydrogen) atoms. The van der Waals surface area contributed by atoms with Crippen LogP contribution in [0.4, 0.5) is 4.79 Å². The van der Waals surface area contributed by atoms with Crippen molar-refractivity contribution in [2.24, 2.45) is 0 Å². The molecule has 2 N–H and O–H groups in total. The van der Waals surface area contributed by atoms with E-state index in [-0.39, 0.29) is 17.6 Å². The number of thiol groups is 1. The Kier molecular flexibility index (Phi) is 14.5. The summed E-state index contributed by atoms with van der Waals surface area (Å²) in [6.45, 7) is 12.0. The topological polar surface area (TPSA) is 87.7 Å². The van der Waals surface area contributed by atoms with E-state index in [4.69, 9.17) is 4.74 Å². The number of unbranched alkanes of at least 4 members (excludes halogenated alkanes) is 5. The smallest absolute Gasteiger partial charge is 0.408 e. The highest BCUT2D eigenvalue weighted by atomic mass is 32.1. The van der Waals surface area contributed by atoms with Crippen molar-refractivity contribution in [2.45, 2.75) is 90.4 Å². The first-order valence-electron chi connectivity index (χ1n) is 14.5. The zero-order chi connectivity index (χ0) is 30.3. The summed E-state index contributed by atoms with van der Waals surface area (Å²) in [6, 6.07) is 15.2. The van der Waals surface area contributed by atoms with Crippen LogP contribution in [0.3, 0.4) is 0 Å². The molecule has 0 aliphatic rings. The second-order valence-corrected chi connectivity index (χ2v) is 11.5. The molecule has 0 aliphatic carbocycles. The van der Waals surface area contributed by atoms with E-state index in [9.17, 15) is 14.4 Å². The van der Waals surface area contributed by atoms with Crippen LogP contribution < -0.4 is 10.6 Å². The maximum Gasteiger partial charge on any atom is 0.408 e. The van der Waals surface area contributed by atoms with Crippen LogP contribution in [-0.2, 0) is 20.9 Å². The summed E-state index contributed by atoms with van der Waals surface area (Å²) in [5, 5.41) is 5.70. The third-order valence-corrected chi connectivity index (χ3v) is 6.90. The van der Waals surface area contributed by atoms with Crippen molar-refractivity contribution >= 4 is 36.6 Å². The molecule has 0 heterocycles. The van der Waals surface area contributed by atoms with Gasteiger partial charge >= 0.3 is 6.09 Å². The fourth-order valence-corrected chi connectivity index (χ4v) is 4.72. The molecule has 2 atom stereocenters. The second-order valence-electron chi connectivity index (χ2n) is 11.2. The summed E-state index contributed by atoms with van der Waals surface area (Å²) in [5.41, 5.74) is 1.74. The predicted molar refractivity (Wildman–Crippen MR) is 170 cm³/mol. The highest BCUT2D eigenvalue weighted by Crippen LogP contribution is 2.25. The van der Waals surface area contributed by atoms with E-state index >= 15 is 0 Å². The summed E-state index contributed by atoms with van der Waals surface area (Å²) in [7, 11) is 0. The first-order valence-corrected chi connectivity index (χ1v) is 15.2. The fraction of sp³-hybridized carbons (Fsp3) is 0.485. The van der Waals surface area contributed by atoms with Gasteiger partial charge in [0.25, 0.3) is 0 Å². The molecule has 0 spiro atoms. The minimum absolute atomic E-state index is 0.0517. The second kappa shape index (κ2) is 17.5. The monoisotopic (exact) mass is 581 g/mol. The fourth-order valence-electron chi connectivity index (χ4n) is 4.48. The minimum Gasteiger partial charge on any atom is -0.444 e. The third-order valence-electron chi connectivity index (χ3n) is 6.54. The lowest BCUT2D eigenvalue weighted by molar-refractivity contribution is -0.142. The van der Waals surface area contributed by atoms with Crippen LogP contribution >= 0.6 is 12.6 Å². The van der Waals surface area contributed by atoms with Gasteiger partial charge in [-0.3, -0.25) is 9.59 Å². The number of carbonyl (C=O) groups is 3. The molecule has 2 aromatic carbocycles. The number of amides is 3. The number of nitrogens with one attached hydrogen (secondary N) is 2. The van der Waals surface area contributed by atoms with Gasteiger partial charge in [-0.2, -0.15) is 12.6 Å². The van der Waals surface area contributed by atoms with E-state index in [1.54, 1.807) is 31.7 Å². The van der Waals surface area contributed by atoms with Crippen LogP contribution in [0.25, 0.3) is 6.08 Å². The normalized spacial score (nSPS) is 12.6. The summed E-state index contributed by atoms with van der Waals surface area (Å²) >= 11 is 4.38. The molecular weight excluding hydrogens is 534 g/mol. The molecule has 2 aromatic rings. The lowest BCUT2D eigenvalue weighted by Crippen LogP contribution is -2.54. The minimum atomic E-state index is -0.972. The van der Waals surface area contributed by atoms with Gasteiger partial charge in [0.15, 0.2) is 0 Å². The van der Waals surface area contributed by atoms with Crippen LogP contribution in [0.5, 0.6) is 0 Å². The molecule has 2 unspecified atom stereocenters. The molecule has 8 heteroatoms. The Labute approximate surface area is 251 Å². The molecule has 0 saturated heterocycles. The van der Waals surface area contributed by atoms with Crippen molar-refractivity contribution in [1.82, 2.24) is 15.5 Å². The Hall–Kier alpha value is -3.26. The van der Waals surface area contributed by atoms with E-state index in [1.807, 2.05) is 54.6 Å². The number of nitrogens with zero attached hydrogens (tertiary/aromatic N) is 1. The average Bonchev–Trinajstić information content (AvgIpc) is 2.95. The molecule has 0 radical (unpaired) electrons. The molecule has 0 bridgehead atoms. The van der Waals surface area contributed by atoms with Gasteiger partial charge in [-0.1, -0.05) is 100 Å². The molecule has 7 nitrogen and oxygen atoms in total. The van der Waals surface area contributed by atoms with Gasteiger partial charge in [0.1, 0.15) is 17.7 Å². The lowest BCUT2D eigenvalue weighted by Gasteiger charge is -2.34. The van der Waals surface area contributed by atoms with Gasteiger partial charge in [0, 0.05) is 18.8 Å². The predicted octanol–water partition coefficient (Wildman–Crippen LogP) is 6.70. The summed E-state index contributed by atoms with van der Waals surface area (Å²) in [6.07, 6.45) is 7.17. The molecule has 0 fully saturated rings. The average molecular weight is 582 g/mol. The van der Waals surface area contributed by atoms with Gasteiger partial charge in [-0.15, -0.1) is 0 Å². The van der Waals surface area contributed by atoms with Crippen LogP contribution in [0, 0.1) is 0 Å². The molecule has 0 aliphatic heterocycles. The summed E-state index contributed by atoms with van der Waals surface area (Å²) in [5.74, 6) is -0.635. The SMILES string of the molecule is C=Cc1cccc(C(C(=O)NCc2ccccc2)N(CCCCCCCC)C(=O)C(CS)NC(=O)OC(C)(C)C)c1. The Balaban J connectivity index is 2.42. The first-order chi connectivity index (χ1) is 19.6. The maximum absolute atomic E-state index is 14.1. The number of carbonyl (C=O) groups excluding carboxylic acids is 3. The molecular formula is C33H47N3O4S. The third kappa shape index (κ3) is 12.0. The van der Waals surface area contributed by atoms with Crippen molar-refractivity contribution in [1.29, 1.82) is 0 Å². The maximum atomic E-state index is 14.1. The largest absolute Gasteiger partial charge is 0.444 e. The van der Waals surface area contributed by atoms with Crippen molar-refractivity contribution in [3.05, 3.63) is 77.9 Å². The number of benzene rings is 2. The highest BCUT2D eigenvalue weighted by molar-refractivity contribution is 7.80. The lowest BCUT2D eigenvalue weighted by atomic mass is 9.99. The standard InChI is InChI=1S/C33H47N3O4S/c1-6-8-9-10-11-15-21-36(31(38)28(24-41)35-32(39)40-33(3,4)5)29(27-20-16-19-25(7-2)22-27)30(37)34-23-26-17-13-12-14-18-26/h7,12-14,16-20,22,28-29,41H,2,6,8-11,15,21,23-24H2,1,3-5H3,(H,34,37)(H,35,39). The Morgan fingerprint density at radius 1 is 1.00 bits per heavy atom. The van der Waals surface area contributed by atoms with Crippen molar-refractivity contribution in [3.8, 4) is 0 Å². The number of alkyl carbamates (subject to hydrolysis) is 1. The molecule has 0 saturated carbocycles. The highest BCUT2D eigenvalue weighted by Gasteiger charge is 2.35. The Morgan fingerprint density at radius 2 is 1.68 bits per heavy atom. The summed E-state index contributed by atoms with van der Waals surface area (Å²) in [4.78, 5) is 42.2. The van der Waals surface area contributed by atoms with Crippen LogP contribution in [-0.4, -0.2) is 46.7 Å². The van der Waals surface area contributed by atoms with Gasteiger partial charge < -0.3 is 20.3 Å². The number of rotatable bonds is 16. The van der Waals surface area contributed by atoms with E-state index in [1.165, 1.54) is 6.42 Å². The van der Waals surface area contributed by atoms with E-state index in [0.717, 1.165) is 43.2 Å². The zero-order valence-corrected chi connectivity index (χ0v) is 25.9. The van der Waals surface area contributed by atoms with Gasteiger partial charge in [0.2, 0.25) is 11.8 Å². The zero-order valence-electron chi connectivity index (χ0n) is 25.0. The van der Waals surface area contributed by atoms with Crippen molar-refractivity contribution < 1.29 is 19.1 Å². The van der Waals surface area contributed by atoms with Crippen LogP contribution in [0.2, 0.25) is 0 Å². The Morgan fingerprint density at radius 3 is 2.32 bits per heavy atom. The van der Waals surface area contributed by atoms with E-state index in [0.29, 0.717) is 18.7 Å². The Bertz CT molecular complexity index is 1120. The van der Waals surface area contributed by atoms with Crippen molar-refractivity contribution in [2.75, 3.05) is 12.3 Å². The summed E-state index contributed by atoms with van der Waals surface area (Å²) < 4.78 is 5.40. The molecule has 0 aromatic heterocycles.